The molecule has 0 saturated heterocycles. The van der Waals surface area contributed by atoms with Gasteiger partial charge in [-0.2, -0.15) is 5.10 Å². The fourth-order valence-electron chi connectivity index (χ4n) is 1.67. The third-order valence-corrected chi connectivity index (χ3v) is 2.33. The Morgan fingerprint density at radius 2 is 2.31 bits per heavy atom. The lowest BCUT2D eigenvalue weighted by Gasteiger charge is -2.12. The van der Waals surface area contributed by atoms with Gasteiger partial charge in [-0.3, -0.25) is 4.79 Å². The zero-order valence-electron chi connectivity index (χ0n) is 9.47. The number of esters is 1. The van der Waals surface area contributed by atoms with Gasteiger partial charge in [0, 0.05) is 18.5 Å². The van der Waals surface area contributed by atoms with Gasteiger partial charge in [0.1, 0.15) is 0 Å². The largest absolute Gasteiger partial charge is 0.440 e. The van der Waals surface area contributed by atoms with Crippen LogP contribution in [-0.4, -0.2) is 20.7 Å². The number of nitrogens with zero attached hydrogens (tertiary/aromatic N) is 3. The first-order valence-corrected chi connectivity index (χ1v) is 5.06. The molecule has 0 aliphatic heterocycles. The highest BCUT2D eigenvalue weighted by molar-refractivity contribution is 5.77. The molecule has 0 radical (unpaired) electrons. The van der Waals surface area contributed by atoms with Crippen LogP contribution in [-0.2, 0) is 9.53 Å². The van der Waals surface area contributed by atoms with Crippen LogP contribution in [0, 0.1) is 6.92 Å². The van der Waals surface area contributed by atoms with E-state index >= 15 is 0 Å². The standard InChI is InChI=1S/C11H13N3O2/c1-7-10-5-4-6-12-11(10)14(13-7)8(2)16-9(3)15/h4-6,8H,1-3H3. The Hall–Kier alpha value is -1.91. The predicted octanol–water partition coefficient (Wildman–Crippen LogP) is 1.82. The molecule has 16 heavy (non-hydrogen) atoms. The predicted molar refractivity (Wildman–Crippen MR) is 58.7 cm³/mol. The monoisotopic (exact) mass is 219 g/mol. The van der Waals surface area contributed by atoms with Crippen molar-refractivity contribution in [2.24, 2.45) is 0 Å². The van der Waals surface area contributed by atoms with Gasteiger partial charge in [-0.1, -0.05) is 0 Å². The Labute approximate surface area is 93.0 Å². The molecule has 0 fully saturated rings. The van der Waals surface area contributed by atoms with E-state index in [1.807, 2.05) is 19.1 Å². The van der Waals surface area contributed by atoms with Gasteiger partial charge >= 0.3 is 5.97 Å². The highest BCUT2D eigenvalue weighted by Crippen LogP contribution is 2.19. The van der Waals surface area contributed by atoms with Crippen molar-refractivity contribution in [3.8, 4) is 0 Å². The van der Waals surface area contributed by atoms with E-state index in [0.29, 0.717) is 0 Å². The molecule has 0 bridgehead atoms. The minimum atomic E-state index is -0.441. The molecule has 2 aromatic heterocycles. The van der Waals surface area contributed by atoms with E-state index in [1.165, 1.54) is 6.92 Å². The number of carbonyl (C=O) groups excluding carboxylic acids is 1. The normalized spacial score (nSPS) is 12.7. The Kier molecular flexibility index (Phi) is 2.60. The second-order valence-corrected chi connectivity index (χ2v) is 3.61. The van der Waals surface area contributed by atoms with Crippen LogP contribution in [0.4, 0.5) is 0 Å². The van der Waals surface area contributed by atoms with Crippen molar-refractivity contribution >= 4 is 17.0 Å². The molecule has 5 nitrogen and oxygen atoms in total. The number of aromatic nitrogens is 3. The third kappa shape index (κ3) is 1.76. The maximum Gasteiger partial charge on any atom is 0.304 e. The van der Waals surface area contributed by atoms with Gasteiger partial charge in [-0.25, -0.2) is 9.67 Å². The van der Waals surface area contributed by atoms with E-state index in [9.17, 15) is 4.79 Å². The summed E-state index contributed by atoms with van der Waals surface area (Å²) in [6, 6.07) is 3.81. The van der Waals surface area contributed by atoms with E-state index in [1.54, 1.807) is 17.8 Å². The maximum absolute atomic E-state index is 10.9. The second-order valence-electron chi connectivity index (χ2n) is 3.61. The molecule has 1 unspecified atom stereocenters. The molecule has 2 heterocycles. The van der Waals surface area contributed by atoms with Crippen molar-refractivity contribution in [3.63, 3.8) is 0 Å². The molecule has 0 aromatic carbocycles. The van der Waals surface area contributed by atoms with Crippen LogP contribution in [0.25, 0.3) is 11.0 Å². The van der Waals surface area contributed by atoms with Gasteiger partial charge in [0.2, 0.25) is 0 Å². The second kappa shape index (κ2) is 3.92. The van der Waals surface area contributed by atoms with Crippen LogP contribution < -0.4 is 0 Å². The van der Waals surface area contributed by atoms with E-state index in [4.69, 9.17) is 4.74 Å². The summed E-state index contributed by atoms with van der Waals surface area (Å²) in [4.78, 5) is 15.1. The smallest absolute Gasteiger partial charge is 0.304 e. The maximum atomic E-state index is 10.9. The van der Waals surface area contributed by atoms with Crippen molar-refractivity contribution in [3.05, 3.63) is 24.0 Å². The van der Waals surface area contributed by atoms with Crippen molar-refractivity contribution in [1.29, 1.82) is 0 Å². The molecule has 0 aliphatic carbocycles. The molecule has 1 atom stereocenters. The molecular weight excluding hydrogens is 206 g/mol. The van der Waals surface area contributed by atoms with Crippen LogP contribution in [0.1, 0.15) is 25.8 Å². The molecular formula is C11H13N3O2. The molecule has 5 heteroatoms. The summed E-state index contributed by atoms with van der Waals surface area (Å²) in [6.45, 7) is 5.05. The van der Waals surface area contributed by atoms with Crippen molar-refractivity contribution in [2.45, 2.75) is 27.0 Å². The lowest BCUT2D eigenvalue weighted by atomic mass is 10.3. The van der Waals surface area contributed by atoms with Crippen LogP contribution >= 0.6 is 0 Å². The van der Waals surface area contributed by atoms with E-state index in [0.717, 1.165) is 16.7 Å². The average molecular weight is 219 g/mol. The van der Waals surface area contributed by atoms with Gasteiger partial charge in [0.25, 0.3) is 0 Å². The molecule has 2 rings (SSSR count). The number of rotatable bonds is 2. The number of hydrogen-bond donors (Lipinski definition) is 0. The summed E-state index contributed by atoms with van der Waals surface area (Å²) < 4.78 is 6.70. The lowest BCUT2D eigenvalue weighted by molar-refractivity contribution is -0.150. The molecule has 0 N–H and O–H groups in total. The highest BCUT2D eigenvalue weighted by Gasteiger charge is 2.14. The topological polar surface area (TPSA) is 57.0 Å². The van der Waals surface area contributed by atoms with Gasteiger partial charge in [0.05, 0.1) is 5.69 Å². The van der Waals surface area contributed by atoms with Crippen molar-refractivity contribution in [1.82, 2.24) is 14.8 Å². The minimum Gasteiger partial charge on any atom is -0.440 e. The highest BCUT2D eigenvalue weighted by atomic mass is 16.6. The van der Waals surface area contributed by atoms with E-state index in [-0.39, 0.29) is 5.97 Å². The Morgan fingerprint density at radius 3 is 3.00 bits per heavy atom. The zero-order chi connectivity index (χ0) is 11.7. The first-order valence-electron chi connectivity index (χ1n) is 5.06. The summed E-state index contributed by atoms with van der Waals surface area (Å²) >= 11 is 0. The first kappa shape index (κ1) is 10.6. The fourth-order valence-corrected chi connectivity index (χ4v) is 1.67. The molecule has 0 aliphatic rings. The molecule has 84 valence electrons. The van der Waals surface area contributed by atoms with Gasteiger partial charge < -0.3 is 4.74 Å². The van der Waals surface area contributed by atoms with Crippen LogP contribution in [0.2, 0.25) is 0 Å². The fraction of sp³-hybridized carbons (Fsp3) is 0.364. The number of aryl methyl sites for hydroxylation is 1. The molecule has 0 saturated carbocycles. The Bertz CT molecular complexity index is 533. The summed E-state index contributed by atoms with van der Waals surface area (Å²) in [6.07, 6.45) is 1.25. The lowest BCUT2D eigenvalue weighted by Crippen LogP contribution is -2.14. The zero-order valence-corrected chi connectivity index (χ0v) is 9.47. The number of fused-ring (bicyclic) bond motifs is 1. The number of ether oxygens (including phenoxy) is 1. The molecule has 0 spiro atoms. The van der Waals surface area contributed by atoms with E-state index in [2.05, 4.69) is 10.1 Å². The SMILES string of the molecule is CC(=O)OC(C)n1nc(C)c2cccnc21. The quantitative estimate of drug-likeness (QED) is 0.723. The Morgan fingerprint density at radius 1 is 1.56 bits per heavy atom. The van der Waals surface area contributed by atoms with Gasteiger partial charge in [-0.15, -0.1) is 0 Å². The van der Waals surface area contributed by atoms with Crippen LogP contribution in [0.3, 0.4) is 0 Å². The van der Waals surface area contributed by atoms with Crippen LogP contribution in [0.15, 0.2) is 18.3 Å². The minimum absolute atomic E-state index is 0.329. The van der Waals surface area contributed by atoms with Crippen molar-refractivity contribution < 1.29 is 9.53 Å². The van der Waals surface area contributed by atoms with Crippen molar-refractivity contribution in [2.75, 3.05) is 0 Å². The summed E-state index contributed by atoms with van der Waals surface area (Å²) in [7, 11) is 0. The third-order valence-electron chi connectivity index (χ3n) is 2.33. The Balaban J connectivity index is 2.48. The van der Waals surface area contributed by atoms with E-state index < -0.39 is 6.23 Å². The summed E-state index contributed by atoms with van der Waals surface area (Å²) in [5.74, 6) is -0.329. The van der Waals surface area contributed by atoms with Gasteiger partial charge in [0.15, 0.2) is 11.9 Å². The summed E-state index contributed by atoms with van der Waals surface area (Å²) in [5, 5.41) is 5.29. The molecule has 2 aromatic rings. The first-order chi connectivity index (χ1) is 7.59. The van der Waals surface area contributed by atoms with Crippen LogP contribution in [0.5, 0.6) is 0 Å². The number of carbonyl (C=O) groups is 1. The number of pyridine rings is 1. The van der Waals surface area contributed by atoms with Gasteiger partial charge in [-0.05, 0) is 26.0 Å². The number of hydrogen-bond acceptors (Lipinski definition) is 4. The average Bonchev–Trinajstić information content (AvgIpc) is 2.56. The molecule has 0 amide bonds. The summed E-state index contributed by atoms with van der Waals surface area (Å²) in [5.41, 5.74) is 1.61.